The van der Waals surface area contributed by atoms with E-state index >= 15 is 0 Å². The summed E-state index contributed by atoms with van der Waals surface area (Å²) >= 11 is 0. The van der Waals surface area contributed by atoms with Crippen LogP contribution in [0.15, 0.2) is 23.2 Å². The zero-order valence-electron chi connectivity index (χ0n) is 18.4. The molecule has 1 aromatic rings. The number of likely N-dealkylation sites (tertiary alicyclic amines) is 1. The van der Waals surface area contributed by atoms with E-state index in [1.807, 2.05) is 4.90 Å². The van der Waals surface area contributed by atoms with E-state index in [9.17, 15) is 18.0 Å². The molecule has 1 saturated heterocycles. The maximum Gasteiger partial charge on any atom is 0.416 e. The topological polar surface area (TPSA) is 66.0 Å². The first kappa shape index (κ1) is 27.3. The number of amides is 1. The van der Waals surface area contributed by atoms with Gasteiger partial charge >= 0.3 is 6.18 Å². The Balaban J connectivity index is 0.00000480. The summed E-state index contributed by atoms with van der Waals surface area (Å²) in [5.41, 5.74) is -0.581. The van der Waals surface area contributed by atoms with Gasteiger partial charge in [-0.2, -0.15) is 13.2 Å². The van der Waals surface area contributed by atoms with Gasteiger partial charge in [-0.25, -0.2) is 0 Å². The van der Waals surface area contributed by atoms with Gasteiger partial charge in [0.05, 0.1) is 11.7 Å². The monoisotopic (exact) mass is 556 g/mol. The van der Waals surface area contributed by atoms with Gasteiger partial charge in [0.25, 0.3) is 0 Å². The fraction of sp³-hybridized carbons (Fsp3) is 0.619. The summed E-state index contributed by atoms with van der Waals surface area (Å²) < 4.78 is 46.1. The van der Waals surface area contributed by atoms with Crippen LogP contribution in [0, 0.1) is 5.92 Å². The Bertz CT molecular complexity index is 749. The second-order valence-corrected chi connectivity index (χ2v) is 7.69. The van der Waals surface area contributed by atoms with Gasteiger partial charge in [0.15, 0.2) is 5.96 Å². The molecular weight excluding hydrogens is 524 g/mol. The molecule has 0 aliphatic carbocycles. The van der Waals surface area contributed by atoms with E-state index in [2.05, 4.69) is 15.6 Å². The van der Waals surface area contributed by atoms with Crippen LogP contribution < -0.4 is 15.4 Å². The largest absolute Gasteiger partial charge is 0.491 e. The summed E-state index contributed by atoms with van der Waals surface area (Å²) in [5, 5.41) is 5.69. The third kappa shape index (κ3) is 8.38. The van der Waals surface area contributed by atoms with Crippen LogP contribution in [0.1, 0.15) is 44.2 Å². The lowest BCUT2D eigenvalue weighted by atomic mass is 9.93. The third-order valence-corrected chi connectivity index (χ3v) is 5.07. The smallest absolute Gasteiger partial charge is 0.416 e. The summed E-state index contributed by atoms with van der Waals surface area (Å²) in [6.07, 6.45) is -2.52. The first-order valence-corrected chi connectivity index (χ1v) is 10.2. The van der Waals surface area contributed by atoms with Crippen molar-refractivity contribution < 1.29 is 22.7 Å². The predicted octanol–water partition coefficient (Wildman–Crippen LogP) is 4.03. The first-order chi connectivity index (χ1) is 14.1. The van der Waals surface area contributed by atoms with E-state index in [4.69, 9.17) is 4.74 Å². The van der Waals surface area contributed by atoms with E-state index in [0.29, 0.717) is 31.4 Å². The van der Waals surface area contributed by atoms with E-state index in [0.717, 1.165) is 18.9 Å². The maximum atomic E-state index is 13.5. The molecule has 1 heterocycles. The molecule has 0 radical (unpaired) electrons. The van der Waals surface area contributed by atoms with Crippen molar-refractivity contribution in [2.24, 2.45) is 10.9 Å². The molecule has 1 fully saturated rings. The van der Waals surface area contributed by atoms with Gasteiger partial charge in [-0.15, -0.1) is 24.0 Å². The minimum Gasteiger partial charge on any atom is -0.491 e. The molecule has 1 aromatic carbocycles. The zero-order chi connectivity index (χ0) is 22.3. The summed E-state index contributed by atoms with van der Waals surface area (Å²) in [6.45, 7) is 4.94. The summed E-state index contributed by atoms with van der Waals surface area (Å²) in [5.74, 6) is 1.10. The number of carbonyl (C=O) groups excluding carboxylic acids is 1. The van der Waals surface area contributed by atoms with Gasteiger partial charge in [0, 0.05) is 40.2 Å². The number of carbonyl (C=O) groups is 1. The number of hydrogen-bond donors (Lipinski definition) is 2. The summed E-state index contributed by atoms with van der Waals surface area (Å²) in [6, 6.07) is 4.04. The normalized spacial score (nSPS) is 15.5. The van der Waals surface area contributed by atoms with Crippen LogP contribution in [0.5, 0.6) is 5.75 Å². The Morgan fingerprint density at radius 2 is 1.94 bits per heavy atom. The van der Waals surface area contributed by atoms with E-state index < -0.39 is 11.7 Å². The Labute approximate surface area is 199 Å². The number of benzene rings is 1. The number of hydrogen-bond acceptors (Lipinski definition) is 3. The number of nitrogens with zero attached hydrogens (tertiary/aromatic N) is 2. The van der Waals surface area contributed by atoms with Crippen molar-refractivity contribution in [2.45, 2.75) is 51.9 Å². The molecule has 0 aromatic heterocycles. The number of guanidine groups is 1. The van der Waals surface area contributed by atoms with Crippen molar-refractivity contribution in [3.63, 3.8) is 0 Å². The lowest BCUT2D eigenvalue weighted by molar-refractivity contribution is -0.138. The first-order valence-electron chi connectivity index (χ1n) is 10.2. The van der Waals surface area contributed by atoms with Crippen molar-refractivity contribution in [3.8, 4) is 5.75 Å². The van der Waals surface area contributed by atoms with Gasteiger partial charge in [-0.1, -0.05) is 6.07 Å². The molecule has 176 valence electrons. The van der Waals surface area contributed by atoms with Crippen LogP contribution >= 0.6 is 24.0 Å². The number of alkyl halides is 3. The molecule has 1 aliphatic rings. The number of halogens is 4. The van der Waals surface area contributed by atoms with Crippen molar-refractivity contribution in [3.05, 3.63) is 29.3 Å². The highest BCUT2D eigenvalue weighted by molar-refractivity contribution is 14.0. The lowest BCUT2D eigenvalue weighted by Gasteiger charge is -2.34. The number of rotatable bonds is 6. The fourth-order valence-electron chi connectivity index (χ4n) is 3.54. The minimum absolute atomic E-state index is 0. The molecule has 6 nitrogen and oxygen atoms in total. The highest BCUT2D eigenvalue weighted by Crippen LogP contribution is 2.34. The van der Waals surface area contributed by atoms with Crippen molar-refractivity contribution in [2.75, 3.05) is 27.2 Å². The highest BCUT2D eigenvalue weighted by Gasteiger charge is 2.34. The van der Waals surface area contributed by atoms with E-state index in [1.54, 1.807) is 34.0 Å². The van der Waals surface area contributed by atoms with Gasteiger partial charge in [-0.3, -0.25) is 9.79 Å². The SMILES string of the molecule is CN=C(NCc1ccc(OC(C)C)cc1C(F)(F)F)N1CCC(CC(=O)NC)CC1.I. The second kappa shape index (κ2) is 12.4. The van der Waals surface area contributed by atoms with Crippen LogP contribution in [-0.2, 0) is 17.5 Å². The molecule has 0 atom stereocenters. The van der Waals surface area contributed by atoms with Crippen LogP contribution in [0.4, 0.5) is 13.2 Å². The van der Waals surface area contributed by atoms with Crippen LogP contribution in [0.2, 0.25) is 0 Å². The van der Waals surface area contributed by atoms with E-state index in [1.165, 1.54) is 6.07 Å². The van der Waals surface area contributed by atoms with Gasteiger partial charge in [0.2, 0.25) is 5.91 Å². The second-order valence-electron chi connectivity index (χ2n) is 7.69. The third-order valence-electron chi connectivity index (χ3n) is 5.07. The Kier molecular flexibility index (Phi) is 10.9. The number of piperidine rings is 1. The molecule has 2 rings (SSSR count). The summed E-state index contributed by atoms with van der Waals surface area (Å²) in [7, 11) is 3.24. The summed E-state index contributed by atoms with van der Waals surface area (Å²) in [4.78, 5) is 17.8. The molecule has 10 heteroatoms. The number of aliphatic imine (C=N–C) groups is 1. The zero-order valence-corrected chi connectivity index (χ0v) is 20.7. The Hall–Kier alpha value is -1.72. The van der Waals surface area contributed by atoms with Gasteiger partial charge < -0.3 is 20.3 Å². The fourth-order valence-corrected chi connectivity index (χ4v) is 3.54. The maximum absolute atomic E-state index is 13.5. The number of ether oxygens (including phenoxy) is 1. The Morgan fingerprint density at radius 1 is 1.29 bits per heavy atom. The molecule has 31 heavy (non-hydrogen) atoms. The molecule has 0 unspecified atom stereocenters. The molecule has 0 spiro atoms. The van der Waals surface area contributed by atoms with Gasteiger partial charge in [0.1, 0.15) is 5.75 Å². The quantitative estimate of drug-likeness (QED) is 0.316. The predicted molar refractivity (Wildman–Crippen MR) is 126 cm³/mol. The molecule has 2 N–H and O–H groups in total. The number of nitrogens with one attached hydrogen (secondary N) is 2. The van der Waals surface area contributed by atoms with Gasteiger partial charge in [-0.05, 0) is 50.3 Å². The minimum atomic E-state index is -4.48. The van der Waals surface area contributed by atoms with Crippen LogP contribution in [-0.4, -0.2) is 50.1 Å². The molecule has 0 bridgehead atoms. The van der Waals surface area contributed by atoms with Crippen LogP contribution in [0.3, 0.4) is 0 Å². The molecular formula is C21H32F3IN4O2. The molecule has 0 saturated carbocycles. The van der Waals surface area contributed by atoms with Crippen molar-refractivity contribution in [1.82, 2.24) is 15.5 Å². The van der Waals surface area contributed by atoms with E-state index in [-0.39, 0.29) is 53.8 Å². The lowest BCUT2D eigenvalue weighted by Crippen LogP contribution is -2.45. The average Bonchev–Trinajstić information content (AvgIpc) is 2.69. The molecule has 1 aliphatic heterocycles. The van der Waals surface area contributed by atoms with Crippen LogP contribution in [0.25, 0.3) is 0 Å². The molecule has 1 amide bonds. The van der Waals surface area contributed by atoms with Crippen molar-refractivity contribution >= 4 is 35.8 Å². The standard InChI is InChI=1S/C21H31F3N4O2.HI/c1-14(2)30-17-6-5-16(18(12-17)21(22,23)24)13-27-20(26-4)28-9-7-15(8-10-28)11-19(29)25-3;/h5-6,12,14-15H,7-11,13H2,1-4H3,(H,25,29)(H,26,27);1H. The average molecular weight is 556 g/mol. The Morgan fingerprint density at radius 3 is 2.45 bits per heavy atom. The van der Waals surface area contributed by atoms with Crippen molar-refractivity contribution in [1.29, 1.82) is 0 Å². The highest BCUT2D eigenvalue weighted by atomic mass is 127.